The normalized spacial score (nSPS) is 10.2. The number of aromatic nitrogens is 2. The van der Waals surface area contributed by atoms with Gasteiger partial charge in [-0.25, -0.2) is 4.79 Å². The molecule has 5 nitrogen and oxygen atoms in total. The summed E-state index contributed by atoms with van der Waals surface area (Å²) in [6, 6.07) is 17.4. The van der Waals surface area contributed by atoms with Gasteiger partial charge in [0.2, 0.25) is 5.88 Å². The maximum Gasteiger partial charge on any atom is 0.346 e. The minimum absolute atomic E-state index is 0.109. The number of rotatable bonds is 4. The van der Waals surface area contributed by atoms with E-state index in [9.17, 15) is 4.79 Å². The molecule has 0 aliphatic heterocycles. The predicted molar refractivity (Wildman–Crippen MR) is 90.4 cm³/mol. The van der Waals surface area contributed by atoms with Crippen molar-refractivity contribution in [3.05, 3.63) is 71.2 Å². The second kappa shape index (κ2) is 7.10. The van der Waals surface area contributed by atoms with Crippen LogP contribution in [0, 0.1) is 0 Å². The molecule has 0 unspecified atom stereocenters. The lowest BCUT2D eigenvalue weighted by Crippen LogP contribution is -2.10. The van der Waals surface area contributed by atoms with Gasteiger partial charge in [-0.3, -0.25) is 0 Å². The highest BCUT2D eigenvalue weighted by Gasteiger charge is 2.13. The van der Waals surface area contributed by atoms with E-state index in [4.69, 9.17) is 21.1 Å². The van der Waals surface area contributed by atoms with E-state index in [1.807, 2.05) is 24.3 Å². The van der Waals surface area contributed by atoms with Gasteiger partial charge in [-0.05, 0) is 42.5 Å². The highest BCUT2D eigenvalue weighted by atomic mass is 35.5. The van der Waals surface area contributed by atoms with Crippen LogP contribution in [0.25, 0.3) is 11.3 Å². The Morgan fingerprint density at radius 2 is 1.71 bits per heavy atom. The first-order valence-electron chi connectivity index (χ1n) is 7.12. The third-order valence-electron chi connectivity index (χ3n) is 3.32. The fraction of sp³-hybridized carbons (Fsp3) is 0.0556. The zero-order chi connectivity index (χ0) is 16.9. The van der Waals surface area contributed by atoms with Crippen molar-refractivity contribution in [3.63, 3.8) is 0 Å². The van der Waals surface area contributed by atoms with Crippen molar-refractivity contribution in [2.75, 3.05) is 7.11 Å². The van der Waals surface area contributed by atoms with E-state index in [0.717, 1.165) is 11.3 Å². The molecule has 1 heterocycles. The number of benzene rings is 2. The van der Waals surface area contributed by atoms with Crippen LogP contribution in [0.15, 0.2) is 60.7 Å². The van der Waals surface area contributed by atoms with E-state index in [1.54, 1.807) is 43.5 Å². The maximum atomic E-state index is 12.1. The molecule has 3 rings (SSSR count). The number of halogens is 1. The Morgan fingerprint density at radius 3 is 2.33 bits per heavy atom. The molecule has 0 radical (unpaired) electrons. The largest absolute Gasteiger partial charge is 0.497 e. The van der Waals surface area contributed by atoms with Gasteiger partial charge in [0.1, 0.15) is 5.75 Å². The molecular weight excluding hydrogens is 328 g/mol. The molecule has 3 aromatic rings. The molecule has 0 bridgehead atoms. The van der Waals surface area contributed by atoms with Crippen molar-refractivity contribution in [1.29, 1.82) is 0 Å². The minimum Gasteiger partial charge on any atom is -0.497 e. The molecule has 0 saturated carbocycles. The van der Waals surface area contributed by atoms with E-state index in [-0.39, 0.29) is 11.4 Å². The Bertz CT molecular complexity index is 849. The SMILES string of the molecule is COc1ccc(-c2ccc(OC(=O)c3ccccc3Cl)nn2)cc1. The van der Waals surface area contributed by atoms with E-state index in [1.165, 1.54) is 0 Å². The highest BCUT2D eigenvalue weighted by molar-refractivity contribution is 6.33. The molecule has 0 spiro atoms. The van der Waals surface area contributed by atoms with E-state index < -0.39 is 5.97 Å². The van der Waals surface area contributed by atoms with E-state index in [2.05, 4.69) is 10.2 Å². The molecule has 24 heavy (non-hydrogen) atoms. The molecule has 6 heteroatoms. The molecule has 2 aromatic carbocycles. The van der Waals surface area contributed by atoms with Gasteiger partial charge in [-0.15, -0.1) is 10.2 Å². The number of esters is 1. The van der Waals surface area contributed by atoms with Gasteiger partial charge in [0.25, 0.3) is 0 Å². The maximum absolute atomic E-state index is 12.1. The summed E-state index contributed by atoms with van der Waals surface area (Å²) in [5, 5.41) is 8.32. The average molecular weight is 341 g/mol. The van der Waals surface area contributed by atoms with Crippen LogP contribution in [0.4, 0.5) is 0 Å². The lowest BCUT2D eigenvalue weighted by atomic mass is 10.1. The van der Waals surface area contributed by atoms with Crippen molar-refractivity contribution in [2.24, 2.45) is 0 Å². The Balaban J connectivity index is 1.74. The molecule has 120 valence electrons. The summed E-state index contributed by atoms with van der Waals surface area (Å²) in [7, 11) is 1.61. The first-order valence-corrected chi connectivity index (χ1v) is 7.50. The molecule has 0 fully saturated rings. The highest BCUT2D eigenvalue weighted by Crippen LogP contribution is 2.22. The summed E-state index contributed by atoms with van der Waals surface area (Å²) in [6.45, 7) is 0. The van der Waals surface area contributed by atoms with Crippen LogP contribution in [0.3, 0.4) is 0 Å². The van der Waals surface area contributed by atoms with Gasteiger partial charge >= 0.3 is 5.97 Å². The third kappa shape index (κ3) is 3.52. The summed E-state index contributed by atoms with van der Waals surface area (Å²) in [5.41, 5.74) is 1.82. The average Bonchev–Trinajstić information content (AvgIpc) is 2.63. The molecule has 0 aliphatic rings. The summed E-state index contributed by atoms with van der Waals surface area (Å²) in [5.74, 6) is 0.293. The third-order valence-corrected chi connectivity index (χ3v) is 3.65. The van der Waals surface area contributed by atoms with Crippen LogP contribution < -0.4 is 9.47 Å². The smallest absolute Gasteiger partial charge is 0.346 e. The van der Waals surface area contributed by atoms with Gasteiger partial charge in [-0.1, -0.05) is 23.7 Å². The topological polar surface area (TPSA) is 61.3 Å². The number of nitrogens with zero attached hydrogens (tertiary/aromatic N) is 2. The van der Waals surface area contributed by atoms with Gasteiger partial charge in [0, 0.05) is 11.6 Å². The van der Waals surface area contributed by atoms with Crippen LogP contribution in [-0.2, 0) is 0 Å². The molecule has 0 amide bonds. The zero-order valence-corrected chi connectivity index (χ0v) is 13.5. The molecule has 0 aliphatic carbocycles. The second-order valence-electron chi connectivity index (χ2n) is 4.85. The molecule has 0 atom stereocenters. The van der Waals surface area contributed by atoms with Gasteiger partial charge in [-0.2, -0.15) is 0 Å². The monoisotopic (exact) mass is 340 g/mol. The quantitative estimate of drug-likeness (QED) is 0.671. The van der Waals surface area contributed by atoms with Gasteiger partial charge < -0.3 is 9.47 Å². The standard InChI is InChI=1S/C18H13ClN2O3/c1-23-13-8-6-12(7-9-13)16-10-11-17(21-20-16)24-18(22)14-4-2-3-5-15(14)19/h2-11H,1H3. The number of carbonyl (C=O) groups excluding carboxylic acids is 1. The molecular formula is C18H13ClN2O3. The van der Waals surface area contributed by atoms with Crippen LogP contribution in [-0.4, -0.2) is 23.3 Å². The van der Waals surface area contributed by atoms with Crippen molar-refractivity contribution in [1.82, 2.24) is 10.2 Å². The minimum atomic E-state index is -0.577. The first-order chi connectivity index (χ1) is 11.7. The van der Waals surface area contributed by atoms with Crippen molar-refractivity contribution in [2.45, 2.75) is 0 Å². The Labute approximate surface area is 143 Å². The lowest BCUT2D eigenvalue weighted by Gasteiger charge is -2.06. The number of hydrogen-bond donors (Lipinski definition) is 0. The summed E-state index contributed by atoms with van der Waals surface area (Å²) in [6.07, 6.45) is 0. The van der Waals surface area contributed by atoms with Crippen molar-refractivity contribution < 1.29 is 14.3 Å². The van der Waals surface area contributed by atoms with Crippen LogP contribution >= 0.6 is 11.6 Å². The Hall–Kier alpha value is -2.92. The van der Waals surface area contributed by atoms with Gasteiger partial charge in [0.05, 0.1) is 23.4 Å². The number of hydrogen-bond acceptors (Lipinski definition) is 5. The lowest BCUT2D eigenvalue weighted by molar-refractivity contribution is 0.0726. The van der Waals surface area contributed by atoms with Gasteiger partial charge in [0.15, 0.2) is 0 Å². The fourth-order valence-corrected chi connectivity index (χ4v) is 2.28. The van der Waals surface area contributed by atoms with E-state index >= 15 is 0 Å². The Morgan fingerprint density at radius 1 is 0.958 bits per heavy atom. The van der Waals surface area contributed by atoms with Crippen LogP contribution in [0.1, 0.15) is 10.4 Å². The predicted octanol–water partition coefficient (Wildman–Crippen LogP) is 4.02. The summed E-state index contributed by atoms with van der Waals surface area (Å²) >= 11 is 5.97. The number of methoxy groups -OCH3 is 1. The number of carbonyl (C=O) groups is 1. The van der Waals surface area contributed by atoms with Crippen molar-refractivity contribution >= 4 is 17.6 Å². The number of ether oxygens (including phenoxy) is 2. The fourth-order valence-electron chi connectivity index (χ4n) is 2.07. The molecule has 1 aromatic heterocycles. The molecule has 0 N–H and O–H groups in total. The molecule has 0 saturated heterocycles. The van der Waals surface area contributed by atoms with Crippen molar-refractivity contribution in [3.8, 4) is 22.9 Å². The summed E-state index contributed by atoms with van der Waals surface area (Å²) in [4.78, 5) is 12.1. The summed E-state index contributed by atoms with van der Waals surface area (Å²) < 4.78 is 10.3. The second-order valence-corrected chi connectivity index (χ2v) is 5.26. The van der Waals surface area contributed by atoms with E-state index in [0.29, 0.717) is 10.7 Å². The van der Waals surface area contributed by atoms with Crippen LogP contribution in [0.5, 0.6) is 11.6 Å². The first kappa shape index (κ1) is 16.0. The van der Waals surface area contributed by atoms with Crippen LogP contribution in [0.2, 0.25) is 5.02 Å². The zero-order valence-electron chi connectivity index (χ0n) is 12.8. The Kier molecular flexibility index (Phi) is 4.72.